The molecule has 0 aliphatic carbocycles. The molecule has 3 aromatic rings. The highest BCUT2D eigenvalue weighted by Gasteiger charge is 2.18. The van der Waals surface area contributed by atoms with E-state index in [-0.39, 0.29) is 34.6 Å². The van der Waals surface area contributed by atoms with Gasteiger partial charge in [0.05, 0.1) is 15.5 Å². The molecule has 0 spiro atoms. The molecule has 0 atom stereocenters. The Morgan fingerprint density at radius 3 is 2.69 bits per heavy atom. The van der Waals surface area contributed by atoms with Crippen LogP contribution in [-0.4, -0.2) is 21.0 Å². The fourth-order valence-electron chi connectivity index (χ4n) is 2.06. The van der Waals surface area contributed by atoms with Gasteiger partial charge in [-0.05, 0) is 24.3 Å². The molecule has 1 heterocycles. The third-order valence-electron chi connectivity index (χ3n) is 3.29. The first kappa shape index (κ1) is 17.8. The number of rotatable bonds is 5. The Morgan fingerprint density at radius 2 is 1.96 bits per heavy atom. The number of nitro groups is 1. The smallest absolute Gasteiger partial charge is 0.338 e. The Bertz CT molecular complexity index is 990. The van der Waals surface area contributed by atoms with E-state index in [2.05, 4.69) is 10.1 Å². The van der Waals surface area contributed by atoms with Crippen LogP contribution >= 0.6 is 23.2 Å². The second-order valence-corrected chi connectivity index (χ2v) is 5.81. The number of carbonyl (C=O) groups excluding carboxylic acids is 1. The second-order valence-electron chi connectivity index (χ2n) is 4.99. The lowest BCUT2D eigenvalue weighted by molar-refractivity contribution is -0.384. The lowest BCUT2D eigenvalue weighted by Gasteiger charge is -2.02. The summed E-state index contributed by atoms with van der Waals surface area (Å²) in [6.07, 6.45) is 0. The third kappa shape index (κ3) is 3.81. The number of nitro benzene ring substituents is 1. The number of benzene rings is 2. The summed E-state index contributed by atoms with van der Waals surface area (Å²) in [5.74, 6) is -0.484. The number of aromatic nitrogens is 2. The summed E-state index contributed by atoms with van der Waals surface area (Å²) in [7, 11) is 0. The van der Waals surface area contributed by atoms with E-state index in [0.29, 0.717) is 10.6 Å². The molecule has 0 aliphatic heterocycles. The molecule has 8 nitrogen and oxygen atoms in total. The molecular weight excluding hydrogens is 385 g/mol. The number of nitrogens with zero attached hydrogens (tertiary/aromatic N) is 3. The van der Waals surface area contributed by atoms with Crippen LogP contribution in [0.3, 0.4) is 0 Å². The minimum Gasteiger partial charge on any atom is -0.452 e. The average Bonchev–Trinajstić information content (AvgIpc) is 3.09. The normalized spacial score (nSPS) is 10.5. The van der Waals surface area contributed by atoms with Gasteiger partial charge in [-0.1, -0.05) is 40.5 Å². The lowest BCUT2D eigenvalue weighted by atomic mass is 10.2. The van der Waals surface area contributed by atoms with Crippen molar-refractivity contribution in [3.8, 4) is 11.4 Å². The fraction of sp³-hybridized carbons (Fsp3) is 0.0625. The first-order chi connectivity index (χ1) is 12.5. The molecule has 3 rings (SSSR count). The summed E-state index contributed by atoms with van der Waals surface area (Å²) in [6, 6.07) is 10.5. The zero-order valence-corrected chi connectivity index (χ0v) is 14.4. The van der Waals surface area contributed by atoms with Crippen LogP contribution in [-0.2, 0) is 11.3 Å². The topological polar surface area (TPSA) is 108 Å². The van der Waals surface area contributed by atoms with Crippen LogP contribution in [0.2, 0.25) is 10.0 Å². The van der Waals surface area contributed by atoms with Gasteiger partial charge in [-0.15, -0.1) is 0 Å². The first-order valence-electron chi connectivity index (χ1n) is 7.14. The van der Waals surface area contributed by atoms with Gasteiger partial charge in [-0.2, -0.15) is 4.98 Å². The Labute approximate surface area is 156 Å². The van der Waals surface area contributed by atoms with Crippen molar-refractivity contribution in [1.82, 2.24) is 10.1 Å². The van der Waals surface area contributed by atoms with Gasteiger partial charge in [0.2, 0.25) is 5.82 Å². The maximum atomic E-state index is 12.0. The number of esters is 1. The third-order valence-corrected chi connectivity index (χ3v) is 3.94. The SMILES string of the molecule is O=C(OCc1nc(-c2ccccc2Cl)no1)c1ccc(Cl)c([N+](=O)[O-])c1. The summed E-state index contributed by atoms with van der Waals surface area (Å²) in [5.41, 5.74) is 0.163. The van der Waals surface area contributed by atoms with Gasteiger partial charge in [0.15, 0.2) is 6.61 Å². The minimum atomic E-state index is -0.790. The quantitative estimate of drug-likeness (QED) is 0.360. The Morgan fingerprint density at radius 1 is 1.19 bits per heavy atom. The summed E-state index contributed by atoms with van der Waals surface area (Å²) in [4.78, 5) is 26.3. The van der Waals surface area contributed by atoms with Crippen molar-refractivity contribution < 1.29 is 19.0 Å². The van der Waals surface area contributed by atoms with Gasteiger partial charge in [0.25, 0.3) is 11.6 Å². The van der Waals surface area contributed by atoms with E-state index in [0.717, 1.165) is 6.07 Å². The van der Waals surface area contributed by atoms with E-state index in [9.17, 15) is 14.9 Å². The summed E-state index contributed by atoms with van der Waals surface area (Å²) < 4.78 is 10.0. The number of hydrogen-bond acceptors (Lipinski definition) is 7. The zero-order valence-electron chi connectivity index (χ0n) is 12.9. The van der Waals surface area contributed by atoms with E-state index in [1.807, 2.05) is 0 Å². The Hall–Kier alpha value is -2.97. The van der Waals surface area contributed by atoms with E-state index in [4.69, 9.17) is 32.5 Å². The lowest BCUT2D eigenvalue weighted by Crippen LogP contribution is -2.06. The molecule has 0 aliphatic rings. The number of carbonyl (C=O) groups is 1. The summed E-state index contributed by atoms with van der Waals surface area (Å²) in [5, 5.41) is 15.0. The molecule has 0 bridgehead atoms. The van der Waals surface area contributed by atoms with Gasteiger partial charge >= 0.3 is 5.97 Å². The molecular formula is C16H9Cl2N3O5. The monoisotopic (exact) mass is 393 g/mol. The molecule has 0 radical (unpaired) electrons. The maximum absolute atomic E-state index is 12.0. The van der Waals surface area contributed by atoms with Crippen molar-refractivity contribution in [3.05, 3.63) is 74.1 Å². The molecule has 0 saturated heterocycles. The highest BCUT2D eigenvalue weighted by atomic mass is 35.5. The predicted octanol–water partition coefficient (Wildman–Crippen LogP) is 4.31. The molecule has 26 heavy (non-hydrogen) atoms. The molecule has 0 amide bonds. The van der Waals surface area contributed by atoms with Crippen molar-refractivity contribution in [3.63, 3.8) is 0 Å². The van der Waals surface area contributed by atoms with Crippen molar-refractivity contribution in [2.45, 2.75) is 6.61 Å². The zero-order chi connectivity index (χ0) is 18.7. The average molecular weight is 394 g/mol. The second kappa shape index (κ2) is 7.51. The predicted molar refractivity (Wildman–Crippen MR) is 92.0 cm³/mol. The standard InChI is InChI=1S/C16H9Cl2N3O5/c17-11-4-2-1-3-10(11)15-19-14(26-20-15)8-25-16(22)9-5-6-12(18)13(7-9)21(23)24/h1-7H,8H2. The molecule has 2 aromatic carbocycles. The minimum absolute atomic E-state index is 0.0213. The van der Waals surface area contributed by atoms with E-state index in [1.165, 1.54) is 12.1 Å². The number of halogens is 2. The van der Waals surface area contributed by atoms with Gasteiger partial charge in [-0.3, -0.25) is 10.1 Å². The highest BCUT2D eigenvalue weighted by molar-refractivity contribution is 6.33. The van der Waals surface area contributed by atoms with Gasteiger partial charge in [0, 0.05) is 11.6 Å². The molecule has 0 fully saturated rings. The largest absolute Gasteiger partial charge is 0.452 e. The van der Waals surface area contributed by atoms with Crippen LogP contribution in [0.5, 0.6) is 0 Å². The van der Waals surface area contributed by atoms with Crippen LogP contribution in [0.15, 0.2) is 47.0 Å². The van der Waals surface area contributed by atoms with Crippen molar-refractivity contribution in [2.75, 3.05) is 0 Å². The van der Waals surface area contributed by atoms with Crippen LogP contribution in [0.4, 0.5) is 5.69 Å². The van der Waals surface area contributed by atoms with Crippen molar-refractivity contribution in [2.24, 2.45) is 0 Å². The van der Waals surface area contributed by atoms with Crippen molar-refractivity contribution >= 4 is 34.9 Å². The molecule has 0 saturated carbocycles. The molecule has 1 aromatic heterocycles. The summed E-state index contributed by atoms with van der Waals surface area (Å²) in [6.45, 7) is -0.299. The Kier molecular flexibility index (Phi) is 5.15. The molecule has 0 unspecified atom stereocenters. The van der Waals surface area contributed by atoms with E-state index >= 15 is 0 Å². The number of ether oxygens (including phenoxy) is 1. The first-order valence-corrected chi connectivity index (χ1v) is 7.90. The van der Waals surface area contributed by atoms with Crippen LogP contribution in [0, 0.1) is 10.1 Å². The van der Waals surface area contributed by atoms with Crippen LogP contribution in [0.1, 0.15) is 16.2 Å². The van der Waals surface area contributed by atoms with E-state index < -0.39 is 10.9 Å². The molecule has 10 heteroatoms. The van der Waals surface area contributed by atoms with Gasteiger partial charge in [-0.25, -0.2) is 4.79 Å². The fourth-order valence-corrected chi connectivity index (χ4v) is 2.46. The van der Waals surface area contributed by atoms with Gasteiger partial charge in [0.1, 0.15) is 5.02 Å². The number of hydrogen-bond donors (Lipinski definition) is 0. The van der Waals surface area contributed by atoms with Gasteiger partial charge < -0.3 is 9.26 Å². The molecule has 0 N–H and O–H groups in total. The maximum Gasteiger partial charge on any atom is 0.338 e. The van der Waals surface area contributed by atoms with E-state index in [1.54, 1.807) is 24.3 Å². The van der Waals surface area contributed by atoms with Crippen LogP contribution in [0.25, 0.3) is 11.4 Å². The van der Waals surface area contributed by atoms with Crippen LogP contribution < -0.4 is 0 Å². The highest BCUT2D eigenvalue weighted by Crippen LogP contribution is 2.26. The van der Waals surface area contributed by atoms with Crippen molar-refractivity contribution in [1.29, 1.82) is 0 Å². The Balaban J connectivity index is 1.70. The summed E-state index contributed by atoms with van der Waals surface area (Å²) >= 11 is 11.8. The molecule has 132 valence electrons.